The lowest BCUT2D eigenvalue weighted by molar-refractivity contribution is -0.130. The van der Waals surface area contributed by atoms with Gasteiger partial charge in [-0.2, -0.15) is 0 Å². The fraction of sp³-hybridized carbons (Fsp3) is 0.857. The highest BCUT2D eigenvalue weighted by Gasteiger charge is 2.45. The Balaban J connectivity index is 1.58. The van der Waals surface area contributed by atoms with Crippen molar-refractivity contribution in [3.8, 4) is 0 Å². The number of rotatable bonds is 60. The van der Waals surface area contributed by atoms with Gasteiger partial charge in [-0.3, -0.25) is 67.4 Å². The lowest BCUT2D eigenvalue weighted by Gasteiger charge is -2.45. The summed E-state index contributed by atoms with van der Waals surface area (Å²) >= 11 is 0. The van der Waals surface area contributed by atoms with Crippen LogP contribution in [0.15, 0.2) is 0 Å². The predicted octanol–water partition coefficient (Wildman–Crippen LogP) is -3.33. The molecule has 3 heterocycles. The van der Waals surface area contributed by atoms with Crippen molar-refractivity contribution in [1.29, 1.82) is 0 Å². The van der Waals surface area contributed by atoms with Crippen LogP contribution >= 0.6 is 0 Å². The van der Waals surface area contributed by atoms with Crippen LogP contribution in [0.25, 0.3) is 0 Å². The van der Waals surface area contributed by atoms with Gasteiger partial charge in [0.05, 0.1) is 114 Å². The van der Waals surface area contributed by atoms with Crippen LogP contribution in [-0.4, -0.2) is 342 Å². The second-order valence-electron chi connectivity index (χ2n) is 31.4. The SMILES string of the molecule is CC(=O)NC1CN(CCCCC(=O)NCCCNC(=O)CCOCC(COCCC(=O)NCCCNC(=O)CCCCN2CC(NC(C)=O)[C@@H](O)[C@@H](O)C2CO)(COCCC(=O)NCCCNC(=O)CCCCN2CC(NC(C)=O)[C@@H](O)[C@@H](O)C2CO)NC(=O)CCCCCCCCCCC(=O)C(C)(C)C)C(CO)[C@H](O)[C@@H]1O. The molecule has 0 aliphatic carbocycles. The number of likely N-dealkylation sites (tertiary alicyclic amines) is 3. The molecule has 3 fully saturated rings. The first kappa shape index (κ1) is 101. The number of carbonyl (C=O) groups excluding carboxylic acids is 11. The molecule has 113 heavy (non-hydrogen) atoms. The van der Waals surface area contributed by atoms with E-state index in [2.05, 4.69) is 53.2 Å². The van der Waals surface area contributed by atoms with Gasteiger partial charge in [0.25, 0.3) is 0 Å². The average Bonchev–Trinajstić information content (AvgIpc) is 0.822. The summed E-state index contributed by atoms with van der Waals surface area (Å²) in [6.07, 6.45) is 4.84. The van der Waals surface area contributed by atoms with E-state index >= 15 is 0 Å². The van der Waals surface area contributed by atoms with Gasteiger partial charge in [-0.15, -0.1) is 0 Å². The van der Waals surface area contributed by atoms with Crippen molar-refractivity contribution in [2.45, 2.75) is 280 Å². The summed E-state index contributed by atoms with van der Waals surface area (Å²) in [6.45, 7) is 11.0. The number of hydrogen-bond donors (Lipinski definition) is 19. The highest BCUT2D eigenvalue weighted by atomic mass is 16.5. The molecule has 3 aliphatic heterocycles. The minimum absolute atomic E-state index is 0.0845. The number of unbranched alkanes of at least 4 members (excludes halogenated alkanes) is 10. The number of carbonyl (C=O) groups is 11. The van der Waals surface area contributed by atoms with Gasteiger partial charge < -0.3 is 113 Å². The maximum Gasteiger partial charge on any atom is 0.222 e. The normalized spacial score (nSPS) is 22.8. The largest absolute Gasteiger partial charge is 0.395 e. The highest BCUT2D eigenvalue weighted by molar-refractivity contribution is 5.83. The van der Waals surface area contributed by atoms with Gasteiger partial charge in [0.15, 0.2) is 0 Å². The van der Waals surface area contributed by atoms with Crippen LogP contribution in [-0.2, 0) is 67.0 Å². The summed E-state index contributed by atoms with van der Waals surface area (Å²) in [5.41, 5.74) is -1.74. The molecule has 0 radical (unpaired) electrons. The van der Waals surface area contributed by atoms with Crippen LogP contribution in [0.2, 0.25) is 0 Å². The van der Waals surface area contributed by atoms with Crippen LogP contribution in [0.3, 0.4) is 0 Å². The molecule has 0 saturated carbocycles. The van der Waals surface area contributed by atoms with Crippen LogP contribution in [0.1, 0.15) is 202 Å². The average molecular weight is 1620 g/mol. The molecule has 3 saturated heterocycles. The zero-order valence-corrected chi connectivity index (χ0v) is 68.0. The third-order valence-electron chi connectivity index (χ3n) is 20.5. The van der Waals surface area contributed by atoms with Crippen molar-refractivity contribution in [3.63, 3.8) is 0 Å². The first-order valence-electron chi connectivity index (χ1n) is 41.0. The topological polar surface area (TPSA) is 528 Å². The predicted molar refractivity (Wildman–Crippen MR) is 417 cm³/mol. The van der Waals surface area contributed by atoms with Gasteiger partial charge in [0, 0.05) is 136 Å². The van der Waals surface area contributed by atoms with E-state index in [1.807, 2.05) is 20.8 Å². The smallest absolute Gasteiger partial charge is 0.222 e. The number of ether oxygens (including phenoxy) is 3. The van der Waals surface area contributed by atoms with E-state index in [0.29, 0.717) is 90.3 Å². The maximum absolute atomic E-state index is 14.0. The monoisotopic (exact) mass is 1620 g/mol. The van der Waals surface area contributed by atoms with Gasteiger partial charge in [0.2, 0.25) is 59.1 Å². The Bertz CT molecular complexity index is 2570. The summed E-state index contributed by atoms with van der Waals surface area (Å²) in [4.78, 5) is 144. The molecule has 0 aromatic carbocycles. The Morgan fingerprint density at radius 2 is 0.575 bits per heavy atom. The number of nitrogens with one attached hydrogen (secondary N) is 10. The third-order valence-corrected chi connectivity index (χ3v) is 20.5. The molecule has 12 atom stereocenters. The lowest BCUT2D eigenvalue weighted by atomic mass is 9.88. The fourth-order valence-corrected chi connectivity index (χ4v) is 14.0. The van der Waals surface area contributed by atoms with E-state index in [4.69, 9.17) is 14.2 Å². The Hall–Kier alpha value is -6.23. The highest BCUT2D eigenvalue weighted by Crippen LogP contribution is 2.25. The van der Waals surface area contributed by atoms with Gasteiger partial charge in [0.1, 0.15) is 29.6 Å². The molecule has 10 amide bonds. The third kappa shape index (κ3) is 42.0. The van der Waals surface area contributed by atoms with Gasteiger partial charge in [-0.05, 0) is 90.3 Å². The molecule has 0 spiro atoms. The quantitative estimate of drug-likeness (QED) is 0.0265. The fourth-order valence-electron chi connectivity index (χ4n) is 14.0. The molecule has 652 valence electrons. The Labute approximate surface area is 667 Å². The summed E-state index contributed by atoms with van der Waals surface area (Å²) in [5, 5.41) is 121. The van der Waals surface area contributed by atoms with E-state index in [0.717, 1.165) is 44.9 Å². The second-order valence-corrected chi connectivity index (χ2v) is 31.4. The van der Waals surface area contributed by atoms with E-state index in [9.17, 15) is 98.7 Å². The Morgan fingerprint density at radius 3 is 0.841 bits per heavy atom. The first-order chi connectivity index (χ1) is 53.8. The molecule has 19 N–H and O–H groups in total. The summed E-state index contributed by atoms with van der Waals surface area (Å²) < 4.78 is 18.4. The Kier molecular flexibility index (Phi) is 50.9. The van der Waals surface area contributed by atoms with Crippen LogP contribution in [0.4, 0.5) is 0 Å². The molecule has 0 aromatic heterocycles. The van der Waals surface area contributed by atoms with E-state index in [1.54, 1.807) is 14.7 Å². The maximum atomic E-state index is 14.0. The van der Waals surface area contributed by atoms with E-state index < -0.39 is 98.2 Å². The molecule has 6 unspecified atom stereocenters. The summed E-state index contributed by atoms with van der Waals surface area (Å²) in [5.74, 6) is -2.83. The zero-order chi connectivity index (χ0) is 83.7. The molecular formula is C77H141N13O23. The minimum atomic E-state index is -1.39. The minimum Gasteiger partial charge on any atom is -0.395 e. The molecular weight excluding hydrogens is 1470 g/mol. The molecule has 36 heteroatoms. The lowest BCUT2D eigenvalue weighted by Crippen LogP contribution is -2.66. The van der Waals surface area contributed by atoms with Gasteiger partial charge in [-0.1, -0.05) is 59.3 Å². The Morgan fingerprint density at radius 1 is 0.327 bits per heavy atom. The number of amides is 10. The number of Topliss-reactive ketones (excluding diaryl/α,β-unsaturated/α-hetero) is 1. The van der Waals surface area contributed by atoms with E-state index in [1.165, 1.54) is 20.8 Å². The van der Waals surface area contributed by atoms with Crippen molar-refractivity contribution in [1.82, 2.24) is 67.9 Å². The van der Waals surface area contributed by atoms with Crippen LogP contribution in [0.5, 0.6) is 0 Å². The number of aliphatic hydroxyl groups is 9. The summed E-state index contributed by atoms with van der Waals surface area (Å²) in [6, 6.07) is -4.37. The number of piperidine rings is 3. The van der Waals surface area contributed by atoms with Crippen molar-refractivity contribution in [2.24, 2.45) is 5.41 Å². The van der Waals surface area contributed by atoms with Crippen LogP contribution in [0, 0.1) is 5.41 Å². The van der Waals surface area contributed by atoms with Gasteiger partial charge in [-0.25, -0.2) is 0 Å². The van der Waals surface area contributed by atoms with Crippen molar-refractivity contribution in [2.75, 3.05) is 138 Å². The molecule has 0 aromatic rings. The number of nitrogens with zero attached hydrogens (tertiary/aromatic N) is 3. The number of aliphatic hydroxyl groups excluding tert-OH is 9. The van der Waals surface area contributed by atoms with E-state index in [-0.39, 0.29) is 214 Å². The van der Waals surface area contributed by atoms with Crippen LogP contribution < -0.4 is 53.2 Å². The summed E-state index contributed by atoms with van der Waals surface area (Å²) in [7, 11) is 0. The molecule has 3 aliphatic rings. The molecule has 36 nitrogen and oxygen atoms in total. The first-order valence-corrected chi connectivity index (χ1v) is 41.0. The standard InChI is InChI=1S/C77H141N13O23/c1-53(94)84-56-44-88(59(47-91)73(108)70(56)105)38-18-15-25-63(98)78-32-21-35-81-66(101)29-41-111-50-77(87-69(104)28-14-12-10-8-7-9-11-13-24-62(97)76(4,5)6,51-112-42-30-67(102)82-36-22-33-79-64(99)26-16-19-39-89-45-57(85-54(2)95)71(106)74(109)60(89)48-92)52-113-43-31-68(103)83-37-23-34-80-65(100)27-17-20-40-90-46-58(86-55(3)96)72(107)75(110)61(90)49-93/h56-61,70-75,91-93,105-110H,7-52H2,1-6H3,(H,78,98)(H,79,99)(H,80,100)(H,81,101)(H,82,102)(H,83,103)(H,84,94)(H,85,95)(H,86,96)(H,87,104)/t56?,57?,58?,59?,60?,61?,70-,71-,72-,73+,74+,75+,77?/m1/s1. The van der Waals surface area contributed by atoms with Crippen molar-refractivity contribution >= 4 is 64.9 Å². The van der Waals surface area contributed by atoms with Gasteiger partial charge >= 0.3 is 0 Å². The second kappa shape index (κ2) is 57.0. The molecule has 0 bridgehead atoms. The molecule has 3 rings (SSSR count). The van der Waals surface area contributed by atoms with Crippen molar-refractivity contribution < 1.29 is 113 Å². The number of ketones is 1. The number of hydrogen-bond acceptors (Lipinski definition) is 26. The zero-order valence-electron chi connectivity index (χ0n) is 68.0. The van der Waals surface area contributed by atoms with Crippen molar-refractivity contribution in [3.05, 3.63) is 0 Å².